The van der Waals surface area contributed by atoms with Crippen molar-refractivity contribution >= 4 is 23.2 Å². The summed E-state index contributed by atoms with van der Waals surface area (Å²) >= 11 is 5.77. The molecule has 1 aromatic carbocycles. The molecule has 0 radical (unpaired) electrons. The number of nitrogens with zero attached hydrogens (tertiary/aromatic N) is 1. The number of likely N-dealkylation sites (tertiary alicyclic amines) is 1. The number of nitrogens with two attached hydrogens (primary N) is 1. The Labute approximate surface area is 106 Å². The second-order valence-electron chi connectivity index (χ2n) is 4.34. The topological polar surface area (TPSA) is 58.4 Å². The average molecular weight is 254 g/mol. The predicted molar refractivity (Wildman–Crippen MR) is 69.1 cm³/mol. The van der Waals surface area contributed by atoms with Crippen molar-refractivity contribution in [1.29, 1.82) is 0 Å². The van der Waals surface area contributed by atoms with E-state index in [2.05, 4.69) is 10.2 Å². The fraction of sp³-hybridized carbons (Fsp3) is 0.417. The zero-order chi connectivity index (χ0) is 12.3. The summed E-state index contributed by atoms with van der Waals surface area (Å²) in [7, 11) is 0. The van der Waals surface area contributed by atoms with Gasteiger partial charge in [0, 0.05) is 29.8 Å². The molecule has 0 bridgehead atoms. The molecule has 0 saturated carbocycles. The molecule has 4 nitrogen and oxygen atoms in total. The van der Waals surface area contributed by atoms with Gasteiger partial charge in [0.05, 0.1) is 6.54 Å². The van der Waals surface area contributed by atoms with E-state index in [0.29, 0.717) is 11.6 Å². The first-order valence-electron chi connectivity index (χ1n) is 5.67. The van der Waals surface area contributed by atoms with Gasteiger partial charge in [0.25, 0.3) is 0 Å². The van der Waals surface area contributed by atoms with Gasteiger partial charge in [0.1, 0.15) is 0 Å². The van der Waals surface area contributed by atoms with Gasteiger partial charge in [0.15, 0.2) is 0 Å². The highest BCUT2D eigenvalue weighted by atomic mass is 35.5. The van der Waals surface area contributed by atoms with Crippen LogP contribution in [0.25, 0.3) is 0 Å². The van der Waals surface area contributed by atoms with Crippen LogP contribution in [0.4, 0.5) is 5.69 Å². The highest BCUT2D eigenvalue weighted by molar-refractivity contribution is 6.30. The number of hydrogen-bond acceptors (Lipinski definition) is 3. The van der Waals surface area contributed by atoms with Gasteiger partial charge < -0.3 is 11.1 Å². The molecule has 1 saturated heterocycles. The van der Waals surface area contributed by atoms with Gasteiger partial charge in [-0.15, -0.1) is 0 Å². The lowest BCUT2D eigenvalue weighted by atomic mass is 10.3. The summed E-state index contributed by atoms with van der Waals surface area (Å²) < 4.78 is 0. The molecular formula is C12H16ClN3O. The van der Waals surface area contributed by atoms with E-state index in [1.807, 2.05) is 0 Å². The van der Waals surface area contributed by atoms with Crippen molar-refractivity contribution in [3.05, 3.63) is 29.3 Å². The van der Waals surface area contributed by atoms with Crippen LogP contribution in [0.1, 0.15) is 6.42 Å². The van der Waals surface area contributed by atoms with Crippen LogP contribution in [0.15, 0.2) is 24.3 Å². The minimum Gasteiger partial charge on any atom is -0.326 e. The van der Waals surface area contributed by atoms with Crippen molar-refractivity contribution in [2.75, 3.05) is 25.0 Å². The Hall–Kier alpha value is -1.10. The Bertz CT molecular complexity index is 393. The summed E-state index contributed by atoms with van der Waals surface area (Å²) in [4.78, 5) is 13.8. The van der Waals surface area contributed by atoms with E-state index in [-0.39, 0.29) is 11.9 Å². The molecule has 1 atom stereocenters. The third-order valence-corrected chi connectivity index (χ3v) is 3.06. The van der Waals surface area contributed by atoms with Crippen LogP contribution in [-0.4, -0.2) is 36.5 Å². The monoisotopic (exact) mass is 253 g/mol. The molecule has 1 fully saturated rings. The van der Waals surface area contributed by atoms with Gasteiger partial charge in [-0.1, -0.05) is 11.6 Å². The first-order chi connectivity index (χ1) is 8.13. The average Bonchev–Trinajstić information content (AvgIpc) is 2.67. The Kier molecular flexibility index (Phi) is 3.99. The van der Waals surface area contributed by atoms with Crippen molar-refractivity contribution in [2.45, 2.75) is 12.5 Å². The Morgan fingerprint density at radius 3 is 2.76 bits per heavy atom. The maximum atomic E-state index is 11.7. The van der Waals surface area contributed by atoms with Crippen molar-refractivity contribution < 1.29 is 4.79 Å². The van der Waals surface area contributed by atoms with Crippen molar-refractivity contribution in [3.8, 4) is 0 Å². The van der Waals surface area contributed by atoms with E-state index in [1.54, 1.807) is 24.3 Å². The second kappa shape index (κ2) is 5.49. The van der Waals surface area contributed by atoms with Crippen molar-refractivity contribution in [3.63, 3.8) is 0 Å². The molecule has 0 spiro atoms. The van der Waals surface area contributed by atoms with Crippen LogP contribution < -0.4 is 11.1 Å². The van der Waals surface area contributed by atoms with Crippen LogP contribution in [0.5, 0.6) is 0 Å². The molecule has 17 heavy (non-hydrogen) atoms. The van der Waals surface area contributed by atoms with E-state index in [0.717, 1.165) is 25.2 Å². The van der Waals surface area contributed by atoms with E-state index in [9.17, 15) is 4.79 Å². The highest BCUT2D eigenvalue weighted by Gasteiger charge is 2.20. The molecule has 2 rings (SSSR count). The molecule has 3 N–H and O–H groups in total. The Morgan fingerprint density at radius 2 is 2.18 bits per heavy atom. The van der Waals surface area contributed by atoms with Gasteiger partial charge >= 0.3 is 0 Å². The standard InChI is InChI=1S/C12H16ClN3O/c13-9-1-3-11(4-2-9)15-12(17)8-16-6-5-10(14)7-16/h1-4,10H,5-8,14H2,(H,15,17)/t10-/m1/s1. The van der Waals surface area contributed by atoms with Crippen LogP contribution in [0.3, 0.4) is 0 Å². The van der Waals surface area contributed by atoms with Gasteiger partial charge in [-0.25, -0.2) is 0 Å². The molecule has 0 aromatic heterocycles. The molecule has 1 amide bonds. The fourth-order valence-corrected chi connectivity index (χ4v) is 2.07. The predicted octanol–water partition coefficient (Wildman–Crippen LogP) is 1.31. The first kappa shape index (κ1) is 12.4. The zero-order valence-electron chi connectivity index (χ0n) is 9.53. The SMILES string of the molecule is N[C@@H]1CCN(CC(=O)Nc2ccc(Cl)cc2)C1. The Morgan fingerprint density at radius 1 is 1.47 bits per heavy atom. The number of rotatable bonds is 3. The summed E-state index contributed by atoms with van der Waals surface area (Å²) in [5.41, 5.74) is 6.55. The number of carbonyl (C=O) groups excluding carboxylic acids is 1. The summed E-state index contributed by atoms with van der Waals surface area (Å²) in [6, 6.07) is 7.29. The second-order valence-corrected chi connectivity index (χ2v) is 4.78. The number of benzene rings is 1. The van der Waals surface area contributed by atoms with Crippen LogP contribution in [-0.2, 0) is 4.79 Å². The molecular weight excluding hydrogens is 238 g/mol. The minimum atomic E-state index is -0.0126. The lowest BCUT2D eigenvalue weighted by Gasteiger charge is -2.14. The molecule has 0 unspecified atom stereocenters. The smallest absolute Gasteiger partial charge is 0.238 e. The lowest BCUT2D eigenvalue weighted by molar-refractivity contribution is -0.117. The Balaban J connectivity index is 1.83. The van der Waals surface area contributed by atoms with Crippen LogP contribution in [0.2, 0.25) is 5.02 Å². The zero-order valence-corrected chi connectivity index (χ0v) is 10.3. The van der Waals surface area contributed by atoms with E-state index in [4.69, 9.17) is 17.3 Å². The van der Waals surface area contributed by atoms with E-state index >= 15 is 0 Å². The first-order valence-corrected chi connectivity index (χ1v) is 6.04. The van der Waals surface area contributed by atoms with E-state index < -0.39 is 0 Å². The van der Waals surface area contributed by atoms with Gasteiger partial charge in [-0.3, -0.25) is 9.69 Å². The minimum absolute atomic E-state index is 0.0126. The lowest BCUT2D eigenvalue weighted by Crippen LogP contribution is -2.33. The molecule has 0 aliphatic carbocycles. The summed E-state index contributed by atoms with van der Waals surface area (Å²) in [5.74, 6) is -0.0126. The summed E-state index contributed by atoms with van der Waals surface area (Å²) in [6.07, 6.45) is 0.966. The maximum Gasteiger partial charge on any atom is 0.238 e. The van der Waals surface area contributed by atoms with Crippen molar-refractivity contribution in [2.24, 2.45) is 5.73 Å². The van der Waals surface area contributed by atoms with Gasteiger partial charge in [-0.05, 0) is 30.7 Å². The molecule has 1 aliphatic rings. The van der Waals surface area contributed by atoms with Crippen LogP contribution in [0, 0.1) is 0 Å². The van der Waals surface area contributed by atoms with Crippen molar-refractivity contribution in [1.82, 2.24) is 4.90 Å². The highest BCUT2D eigenvalue weighted by Crippen LogP contribution is 2.13. The molecule has 1 aliphatic heterocycles. The quantitative estimate of drug-likeness (QED) is 0.854. The number of halogens is 1. The largest absolute Gasteiger partial charge is 0.326 e. The number of amides is 1. The third-order valence-electron chi connectivity index (χ3n) is 2.80. The molecule has 1 aromatic rings. The normalized spacial score (nSPS) is 20.5. The van der Waals surface area contributed by atoms with E-state index in [1.165, 1.54) is 0 Å². The van der Waals surface area contributed by atoms with Crippen LogP contribution >= 0.6 is 11.6 Å². The van der Waals surface area contributed by atoms with Gasteiger partial charge in [-0.2, -0.15) is 0 Å². The molecule has 92 valence electrons. The fourth-order valence-electron chi connectivity index (χ4n) is 1.94. The number of nitrogens with one attached hydrogen (secondary N) is 1. The van der Waals surface area contributed by atoms with Gasteiger partial charge in [0.2, 0.25) is 5.91 Å². The summed E-state index contributed by atoms with van der Waals surface area (Å²) in [5, 5.41) is 3.49. The third kappa shape index (κ3) is 3.70. The number of carbonyl (C=O) groups is 1. The maximum absolute atomic E-state index is 11.7. The number of hydrogen-bond donors (Lipinski definition) is 2. The molecule has 5 heteroatoms. The molecule has 1 heterocycles. The number of anilines is 1. The summed E-state index contributed by atoms with van der Waals surface area (Å²) in [6.45, 7) is 2.10.